The minimum absolute atomic E-state index is 0.0850. The first-order valence-corrected chi connectivity index (χ1v) is 12.3. The van der Waals surface area contributed by atoms with E-state index in [1.165, 1.54) is 5.56 Å². The summed E-state index contributed by atoms with van der Waals surface area (Å²) in [5.74, 6) is -0.905. The van der Waals surface area contributed by atoms with Gasteiger partial charge in [0.05, 0.1) is 12.2 Å². The zero-order valence-electron chi connectivity index (χ0n) is 16.5. The first-order valence-electron chi connectivity index (χ1n) is 9.38. The van der Waals surface area contributed by atoms with Gasteiger partial charge in [-0.05, 0) is 58.1 Å². The molecule has 0 amide bonds. The minimum atomic E-state index is -1.80. The summed E-state index contributed by atoms with van der Waals surface area (Å²) < 4.78 is 12.5. The lowest BCUT2D eigenvalue weighted by Crippen LogP contribution is -2.40. The van der Waals surface area contributed by atoms with E-state index in [-0.39, 0.29) is 17.2 Å². The summed E-state index contributed by atoms with van der Waals surface area (Å²) in [5.41, 5.74) is 5.85. The van der Waals surface area contributed by atoms with E-state index in [4.69, 9.17) is 9.16 Å². The first-order chi connectivity index (χ1) is 12.6. The molecule has 0 saturated carbocycles. The maximum absolute atomic E-state index is 11.3. The molecule has 2 aliphatic rings. The van der Waals surface area contributed by atoms with Crippen LogP contribution in [0, 0.1) is 0 Å². The van der Waals surface area contributed by atoms with Crippen molar-refractivity contribution < 1.29 is 19.1 Å². The molecule has 0 radical (unpaired) electrons. The number of carboxylic acids is 1. The molecular weight excluding hydrogens is 356 g/mol. The van der Waals surface area contributed by atoms with Crippen LogP contribution in [0.2, 0.25) is 18.1 Å². The third-order valence-corrected chi connectivity index (χ3v) is 10.8. The third-order valence-electron chi connectivity index (χ3n) is 6.29. The fraction of sp³-hybridized carbons (Fsp3) is 0.409. The number of aromatic carboxylic acids is 1. The highest BCUT2D eigenvalue weighted by Crippen LogP contribution is 2.54. The lowest BCUT2D eigenvalue weighted by Gasteiger charge is -2.36. The van der Waals surface area contributed by atoms with Crippen LogP contribution >= 0.6 is 0 Å². The van der Waals surface area contributed by atoms with E-state index < -0.39 is 14.3 Å². The molecule has 0 aliphatic carbocycles. The van der Waals surface area contributed by atoms with Gasteiger partial charge in [0, 0.05) is 0 Å². The second-order valence-corrected chi connectivity index (χ2v) is 13.9. The highest BCUT2D eigenvalue weighted by molar-refractivity contribution is 6.74. The van der Waals surface area contributed by atoms with E-state index in [0.29, 0.717) is 12.2 Å². The van der Waals surface area contributed by atoms with Crippen molar-refractivity contribution in [2.45, 2.75) is 57.7 Å². The van der Waals surface area contributed by atoms with E-state index in [1.807, 2.05) is 6.07 Å². The molecule has 4 rings (SSSR count). The summed E-state index contributed by atoms with van der Waals surface area (Å²) in [7, 11) is -1.80. The molecule has 0 spiro atoms. The predicted octanol–water partition coefficient (Wildman–Crippen LogP) is 5.43. The van der Waals surface area contributed by atoms with Gasteiger partial charge in [0.15, 0.2) is 8.32 Å². The summed E-state index contributed by atoms with van der Waals surface area (Å²) in [6, 6.07) is 11.7. The van der Waals surface area contributed by atoms with Gasteiger partial charge in [0.2, 0.25) is 0 Å². The van der Waals surface area contributed by atoms with Gasteiger partial charge in [-0.25, -0.2) is 4.79 Å². The number of rotatable bonds is 4. The van der Waals surface area contributed by atoms with Gasteiger partial charge >= 0.3 is 5.97 Å². The molecule has 2 atom stereocenters. The number of carbonyl (C=O) groups is 1. The van der Waals surface area contributed by atoms with Crippen LogP contribution in [0.1, 0.15) is 71.2 Å². The highest BCUT2D eigenvalue weighted by Gasteiger charge is 2.43. The summed E-state index contributed by atoms with van der Waals surface area (Å²) in [4.78, 5) is 11.3. The summed E-state index contributed by atoms with van der Waals surface area (Å²) in [6.45, 7) is 11.8. The Morgan fingerprint density at radius 1 is 1.04 bits per heavy atom. The van der Waals surface area contributed by atoms with Crippen molar-refractivity contribution in [1.29, 1.82) is 0 Å². The van der Waals surface area contributed by atoms with Crippen LogP contribution in [0.4, 0.5) is 0 Å². The standard InChI is InChI=1S/C22H26O4Si/c1-22(2,3)27(4,5)25-12-13-6-8-15-17(10-13)20-18-11-14(21(23)24)7-9-16(18)19(15)26-20/h6-11,19-20H,12H2,1-5H3,(H,23,24)/t19-,20-/m1/s1. The van der Waals surface area contributed by atoms with Crippen LogP contribution in [0.3, 0.4) is 0 Å². The van der Waals surface area contributed by atoms with Crippen LogP contribution in [0.25, 0.3) is 0 Å². The Morgan fingerprint density at radius 2 is 1.63 bits per heavy atom. The average Bonchev–Trinajstić information content (AvgIpc) is 3.15. The van der Waals surface area contributed by atoms with Gasteiger partial charge in [-0.15, -0.1) is 0 Å². The van der Waals surface area contributed by atoms with Gasteiger partial charge in [0.1, 0.15) is 12.2 Å². The number of fused-ring (bicyclic) bond motifs is 8. The number of hydrogen-bond donors (Lipinski definition) is 1. The predicted molar refractivity (Wildman–Crippen MR) is 107 cm³/mol. The van der Waals surface area contributed by atoms with Crippen LogP contribution in [0.5, 0.6) is 0 Å². The fourth-order valence-corrected chi connectivity index (χ4v) is 4.56. The molecule has 2 aliphatic heterocycles. The Bertz CT molecular complexity index is 926. The molecule has 1 N–H and O–H groups in total. The van der Waals surface area contributed by atoms with Crippen molar-refractivity contribution in [3.63, 3.8) is 0 Å². The molecule has 142 valence electrons. The second-order valence-electron chi connectivity index (χ2n) is 9.06. The maximum atomic E-state index is 11.3. The van der Waals surface area contributed by atoms with E-state index in [9.17, 15) is 9.90 Å². The van der Waals surface area contributed by atoms with Crippen LogP contribution in [-0.4, -0.2) is 19.4 Å². The van der Waals surface area contributed by atoms with Crippen molar-refractivity contribution in [2.24, 2.45) is 0 Å². The van der Waals surface area contributed by atoms with Crippen LogP contribution < -0.4 is 0 Å². The van der Waals surface area contributed by atoms with Gasteiger partial charge < -0.3 is 14.3 Å². The van der Waals surface area contributed by atoms with Crippen molar-refractivity contribution in [1.82, 2.24) is 0 Å². The summed E-state index contributed by atoms with van der Waals surface area (Å²) in [5, 5.41) is 9.46. The Labute approximate surface area is 161 Å². The van der Waals surface area contributed by atoms with Gasteiger partial charge in [-0.2, -0.15) is 0 Å². The van der Waals surface area contributed by atoms with Gasteiger partial charge in [-0.3, -0.25) is 0 Å². The van der Waals surface area contributed by atoms with E-state index in [2.05, 4.69) is 52.1 Å². The topological polar surface area (TPSA) is 55.8 Å². The lowest BCUT2D eigenvalue weighted by atomic mass is 9.84. The van der Waals surface area contributed by atoms with E-state index in [0.717, 1.165) is 22.3 Å². The van der Waals surface area contributed by atoms with Gasteiger partial charge in [0.25, 0.3) is 0 Å². The third kappa shape index (κ3) is 2.94. The van der Waals surface area contributed by atoms with Crippen molar-refractivity contribution in [2.75, 3.05) is 0 Å². The molecular formula is C22H26O4Si. The van der Waals surface area contributed by atoms with Crippen molar-refractivity contribution in [3.8, 4) is 0 Å². The highest BCUT2D eigenvalue weighted by atomic mass is 28.4. The number of carboxylic acid groups (broad SMARTS) is 1. The van der Waals surface area contributed by atoms with E-state index in [1.54, 1.807) is 12.1 Å². The molecule has 2 aromatic rings. The molecule has 0 saturated heterocycles. The zero-order valence-corrected chi connectivity index (χ0v) is 17.5. The monoisotopic (exact) mass is 382 g/mol. The Hall–Kier alpha value is -1.95. The molecule has 27 heavy (non-hydrogen) atoms. The second kappa shape index (κ2) is 6.02. The van der Waals surface area contributed by atoms with Crippen LogP contribution in [0.15, 0.2) is 36.4 Å². The summed E-state index contributed by atoms with van der Waals surface area (Å²) in [6.07, 6.45) is -0.259. The molecule has 0 fully saturated rings. The molecule has 2 bridgehead atoms. The quantitative estimate of drug-likeness (QED) is 0.717. The smallest absolute Gasteiger partial charge is 0.335 e. The SMILES string of the molecule is CC(C)(C)[Si](C)(C)OCc1ccc2c(c1)[C@H]1O[C@H]2c2ccc(C(=O)O)cc21. The van der Waals surface area contributed by atoms with Crippen LogP contribution in [-0.2, 0) is 15.8 Å². The number of ether oxygens (including phenoxy) is 1. The largest absolute Gasteiger partial charge is 0.478 e. The number of hydrogen-bond acceptors (Lipinski definition) is 3. The van der Waals surface area contributed by atoms with E-state index >= 15 is 0 Å². The molecule has 2 heterocycles. The average molecular weight is 383 g/mol. The Kier molecular flexibility index (Phi) is 4.11. The first kappa shape index (κ1) is 18.4. The maximum Gasteiger partial charge on any atom is 0.335 e. The zero-order chi connectivity index (χ0) is 19.6. The Balaban J connectivity index is 1.61. The lowest BCUT2D eigenvalue weighted by molar-refractivity contribution is 0.0696. The normalized spacial score (nSPS) is 20.5. The number of benzene rings is 2. The molecule has 2 aromatic carbocycles. The summed E-state index contributed by atoms with van der Waals surface area (Å²) >= 11 is 0. The van der Waals surface area contributed by atoms with Gasteiger partial charge in [-0.1, -0.05) is 45.0 Å². The van der Waals surface area contributed by atoms with Crippen molar-refractivity contribution in [3.05, 3.63) is 69.8 Å². The molecule has 4 nitrogen and oxygen atoms in total. The molecule has 0 aromatic heterocycles. The Morgan fingerprint density at radius 3 is 2.26 bits per heavy atom. The minimum Gasteiger partial charge on any atom is -0.478 e. The van der Waals surface area contributed by atoms with Crippen molar-refractivity contribution >= 4 is 14.3 Å². The molecule has 5 heteroatoms. The molecule has 0 unspecified atom stereocenters. The fourth-order valence-electron chi connectivity index (χ4n) is 3.60.